The second-order valence-corrected chi connectivity index (χ2v) is 16.8. The van der Waals surface area contributed by atoms with Gasteiger partial charge in [0, 0.05) is 6.07 Å². The molecule has 4 rings (SSSR count). The summed E-state index contributed by atoms with van der Waals surface area (Å²) in [6.45, 7) is 4.39. The molecule has 4 aromatic rings. The van der Waals surface area contributed by atoms with E-state index in [1.807, 2.05) is 0 Å². The van der Waals surface area contributed by atoms with E-state index in [4.69, 9.17) is 9.47 Å². The van der Waals surface area contributed by atoms with Gasteiger partial charge < -0.3 is 24.2 Å². The molecule has 10 nitrogen and oxygen atoms in total. The number of phenolic OH excluding ortho intramolecular Hbond substituents is 1. The number of ether oxygens (including phenoxy) is 2. The molecule has 0 atom stereocenters. The smallest absolute Gasteiger partial charge is 0.872 e. The fourth-order valence-corrected chi connectivity index (χ4v) is 7.54. The Morgan fingerprint density at radius 1 is 0.544 bits per heavy atom. The summed E-state index contributed by atoms with van der Waals surface area (Å²) >= 11 is 0. The van der Waals surface area contributed by atoms with Crippen LogP contribution < -0.4 is 14.6 Å². The van der Waals surface area contributed by atoms with Crippen molar-refractivity contribution in [2.24, 2.45) is 0 Å². The number of aryl methyl sites for hydroxylation is 2. The number of hydrogen-bond acceptors (Lipinski definition) is 9. The quantitative estimate of drug-likeness (QED) is 0.0392. The molecule has 0 fully saturated rings. The third-order valence-electron chi connectivity index (χ3n) is 9.36. The van der Waals surface area contributed by atoms with Crippen LogP contribution in [0.25, 0.3) is 0 Å². The van der Waals surface area contributed by atoms with Crippen LogP contribution in [0.5, 0.6) is 34.5 Å². The molecule has 0 saturated heterocycles. The van der Waals surface area contributed by atoms with Gasteiger partial charge in [0.15, 0.2) is 5.75 Å². The van der Waals surface area contributed by atoms with E-state index in [9.17, 15) is 36.2 Å². The molecule has 0 amide bonds. The SMILES string of the molecule is CCCCCCCCCCc1cc(S(=O)(=O)O)c(Oc2ccccc2)cc1O.CCCCCCCCCCc1cc(S(=O)(=O)[O-])c(Oc2ccccc2)cc1[O-].[Ca+2]. The van der Waals surface area contributed by atoms with Gasteiger partial charge in [-0.05, 0) is 73.7 Å². The van der Waals surface area contributed by atoms with E-state index in [0.29, 0.717) is 35.5 Å². The van der Waals surface area contributed by atoms with Crippen LogP contribution >= 0.6 is 0 Å². The Labute approximate surface area is 370 Å². The Hall–Kier alpha value is -2.84. The zero-order valence-electron chi connectivity index (χ0n) is 33.5. The number of phenols is 1. The third-order valence-corrected chi connectivity index (χ3v) is 11.1. The molecular formula is C44H58CaO10S2. The van der Waals surface area contributed by atoms with E-state index in [0.717, 1.165) is 44.6 Å². The molecule has 13 heteroatoms. The Morgan fingerprint density at radius 2 is 0.930 bits per heavy atom. The van der Waals surface area contributed by atoms with Gasteiger partial charge in [0.1, 0.15) is 38.0 Å². The molecule has 0 aliphatic heterocycles. The third kappa shape index (κ3) is 19.2. The summed E-state index contributed by atoms with van der Waals surface area (Å²) in [5.74, 6) is 0.143. The van der Waals surface area contributed by atoms with Crippen molar-refractivity contribution in [2.45, 2.75) is 139 Å². The molecule has 0 saturated carbocycles. The van der Waals surface area contributed by atoms with Gasteiger partial charge in [0.25, 0.3) is 10.1 Å². The molecule has 0 bridgehead atoms. The van der Waals surface area contributed by atoms with Gasteiger partial charge in [-0.15, -0.1) is 5.75 Å². The monoisotopic (exact) mass is 850 g/mol. The molecule has 0 radical (unpaired) electrons. The van der Waals surface area contributed by atoms with Crippen LogP contribution in [0, 0.1) is 0 Å². The standard InChI is InChI=1S/2C22H30O5S.Ca/c2*1-2-3-4-5-6-7-8-10-13-18-16-22(28(24,25)26)21(17-20(18)23)27-19-14-11-9-12-15-19;/h2*9,11-12,14-17,23H,2-8,10,13H2,1H3,(H,24,25,26);/q;;+2/p-2. The van der Waals surface area contributed by atoms with Crippen LogP contribution in [0.2, 0.25) is 0 Å². The molecule has 0 aliphatic carbocycles. The van der Waals surface area contributed by atoms with E-state index in [-0.39, 0.29) is 65.6 Å². The van der Waals surface area contributed by atoms with Crippen molar-refractivity contribution in [3.05, 3.63) is 96.1 Å². The van der Waals surface area contributed by atoms with E-state index >= 15 is 0 Å². The van der Waals surface area contributed by atoms with Gasteiger partial charge in [0.05, 0.1) is 4.90 Å². The summed E-state index contributed by atoms with van der Waals surface area (Å²) in [6, 6.07) is 22.0. The minimum atomic E-state index is -4.75. The number of unbranched alkanes of at least 4 members (excludes halogenated alkanes) is 14. The molecule has 0 aliphatic rings. The van der Waals surface area contributed by atoms with Crippen molar-refractivity contribution in [1.82, 2.24) is 0 Å². The van der Waals surface area contributed by atoms with E-state index in [2.05, 4.69) is 13.8 Å². The summed E-state index contributed by atoms with van der Waals surface area (Å²) in [5, 5.41) is 22.7. The van der Waals surface area contributed by atoms with Crippen LogP contribution in [0.15, 0.2) is 94.7 Å². The zero-order chi connectivity index (χ0) is 40.8. The van der Waals surface area contributed by atoms with Gasteiger partial charge in [-0.3, -0.25) is 4.55 Å². The number of para-hydroxylation sites is 2. The molecule has 4 aromatic carbocycles. The topological polar surface area (TPSA) is 173 Å². The summed E-state index contributed by atoms with van der Waals surface area (Å²) in [5.41, 5.74) is 0.847. The Morgan fingerprint density at radius 3 is 1.35 bits per heavy atom. The maximum atomic E-state index is 12.4. The number of benzene rings is 4. The summed E-state index contributed by atoms with van der Waals surface area (Å²) in [4.78, 5) is -0.811. The molecule has 0 unspecified atom stereocenters. The maximum Gasteiger partial charge on any atom is 2.00 e. The summed E-state index contributed by atoms with van der Waals surface area (Å²) in [6.07, 6.45) is 19.3. The van der Waals surface area contributed by atoms with Gasteiger partial charge in [-0.2, -0.15) is 8.42 Å². The minimum Gasteiger partial charge on any atom is -0.872 e. The first-order chi connectivity index (χ1) is 26.8. The Kier molecular flexibility index (Phi) is 23.8. The van der Waals surface area contributed by atoms with Crippen LogP contribution in [-0.2, 0) is 33.1 Å². The predicted octanol–water partition coefficient (Wildman–Crippen LogP) is 10.9. The maximum absolute atomic E-state index is 12.4. The van der Waals surface area contributed by atoms with E-state index in [1.165, 1.54) is 82.4 Å². The normalized spacial score (nSPS) is 11.3. The first-order valence-corrected chi connectivity index (χ1v) is 22.8. The molecule has 0 spiro atoms. The van der Waals surface area contributed by atoms with Crippen molar-refractivity contribution in [2.75, 3.05) is 0 Å². The molecule has 0 heterocycles. The van der Waals surface area contributed by atoms with Crippen LogP contribution in [-0.4, -0.2) is 68.8 Å². The summed E-state index contributed by atoms with van der Waals surface area (Å²) in [7, 11) is -9.23. The molecule has 57 heavy (non-hydrogen) atoms. The van der Waals surface area contributed by atoms with Gasteiger partial charge in [-0.25, -0.2) is 8.42 Å². The Bertz CT molecular complexity index is 1810. The van der Waals surface area contributed by atoms with Gasteiger partial charge in [0.2, 0.25) is 0 Å². The summed E-state index contributed by atoms with van der Waals surface area (Å²) < 4.78 is 79.3. The van der Waals surface area contributed by atoms with Gasteiger partial charge in [-0.1, -0.05) is 146 Å². The fraction of sp³-hybridized carbons (Fsp3) is 0.455. The van der Waals surface area contributed by atoms with Crippen molar-refractivity contribution < 1.29 is 45.6 Å². The second-order valence-electron chi connectivity index (χ2n) is 14.0. The Balaban J connectivity index is 0.000000387. The van der Waals surface area contributed by atoms with E-state index < -0.39 is 25.1 Å². The van der Waals surface area contributed by atoms with Crippen LogP contribution in [0.3, 0.4) is 0 Å². The molecule has 0 aromatic heterocycles. The molecule has 308 valence electrons. The van der Waals surface area contributed by atoms with Crippen LogP contribution in [0.1, 0.15) is 128 Å². The van der Waals surface area contributed by atoms with Crippen LogP contribution in [0.4, 0.5) is 0 Å². The first-order valence-electron chi connectivity index (χ1n) is 19.9. The first kappa shape index (κ1) is 50.3. The number of rotatable bonds is 24. The van der Waals surface area contributed by atoms with Crippen molar-refractivity contribution in [3.8, 4) is 34.5 Å². The number of hydrogen-bond donors (Lipinski definition) is 2. The molecular weight excluding hydrogens is 793 g/mol. The van der Waals surface area contributed by atoms with Crippen molar-refractivity contribution in [3.63, 3.8) is 0 Å². The molecule has 2 N–H and O–H groups in total. The number of aromatic hydroxyl groups is 1. The predicted molar refractivity (Wildman–Crippen MR) is 223 cm³/mol. The van der Waals surface area contributed by atoms with E-state index in [1.54, 1.807) is 60.7 Å². The second kappa shape index (κ2) is 27.0. The largest absolute Gasteiger partial charge is 2.00 e. The average molecular weight is 851 g/mol. The minimum absolute atomic E-state index is 0. The average Bonchev–Trinajstić information content (AvgIpc) is 3.15. The van der Waals surface area contributed by atoms with Crippen molar-refractivity contribution in [1.29, 1.82) is 0 Å². The van der Waals surface area contributed by atoms with Gasteiger partial charge >= 0.3 is 37.7 Å². The fourth-order valence-electron chi connectivity index (χ4n) is 6.26. The van der Waals surface area contributed by atoms with Crippen molar-refractivity contribution >= 4 is 58.0 Å². The zero-order valence-corrected chi connectivity index (χ0v) is 37.3.